The largest absolute Gasteiger partial charge is 0.325 e. The highest BCUT2D eigenvalue weighted by Gasteiger charge is 1.96. The summed E-state index contributed by atoms with van der Waals surface area (Å²) in [5, 5.41) is 7.74. The van der Waals surface area contributed by atoms with Gasteiger partial charge < -0.3 is 5.73 Å². The molecule has 4 nitrogen and oxygen atoms in total. The standard InChI is InChI=1S/C7H8N4/c8-2-6-1-5-3-10-11-7(5)4-9-6/h1,3-4H,2,8H2,(H,10,11). The minimum Gasteiger partial charge on any atom is -0.325 e. The number of nitrogens with one attached hydrogen (secondary N) is 1. The third-order valence-electron chi connectivity index (χ3n) is 1.59. The van der Waals surface area contributed by atoms with Gasteiger partial charge in [0.15, 0.2) is 0 Å². The van der Waals surface area contributed by atoms with Gasteiger partial charge in [-0.25, -0.2) is 0 Å². The molecule has 0 aromatic carbocycles. The molecule has 2 aromatic rings. The number of H-pyrrole nitrogens is 1. The lowest BCUT2D eigenvalue weighted by atomic mass is 10.3. The summed E-state index contributed by atoms with van der Waals surface area (Å²) >= 11 is 0. The van der Waals surface area contributed by atoms with Crippen LogP contribution in [0.4, 0.5) is 0 Å². The van der Waals surface area contributed by atoms with Crippen molar-refractivity contribution in [3.8, 4) is 0 Å². The second kappa shape index (κ2) is 2.32. The molecule has 56 valence electrons. The Balaban J connectivity index is 2.67. The van der Waals surface area contributed by atoms with Gasteiger partial charge in [-0.1, -0.05) is 0 Å². The SMILES string of the molecule is NCc1cc2cn[nH]c2cn1. The molecule has 0 amide bonds. The first-order valence-corrected chi connectivity index (χ1v) is 3.38. The number of aromatic nitrogens is 3. The van der Waals surface area contributed by atoms with Crippen LogP contribution in [0, 0.1) is 0 Å². The van der Waals surface area contributed by atoms with Crippen LogP contribution >= 0.6 is 0 Å². The molecular weight excluding hydrogens is 140 g/mol. The van der Waals surface area contributed by atoms with E-state index >= 15 is 0 Å². The third kappa shape index (κ3) is 0.969. The first-order valence-electron chi connectivity index (χ1n) is 3.38. The van der Waals surface area contributed by atoms with Crippen molar-refractivity contribution in [2.75, 3.05) is 0 Å². The Bertz CT molecular complexity index is 365. The third-order valence-corrected chi connectivity index (χ3v) is 1.59. The molecule has 0 atom stereocenters. The van der Waals surface area contributed by atoms with Crippen molar-refractivity contribution in [3.05, 3.63) is 24.2 Å². The molecule has 2 rings (SSSR count). The zero-order chi connectivity index (χ0) is 7.68. The fraction of sp³-hybridized carbons (Fsp3) is 0.143. The molecule has 0 aliphatic rings. The molecule has 0 saturated carbocycles. The topological polar surface area (TPSA) is 67.6 Å². The minimum absolute atomic E-state index is 0.473. The summed E-state index contributed by atoms with van der Waals surface area (Å²) in [4.78, 5) is 4.10. The molecule has 0 fully saturated rings. The van der Waals surface area contributed by atoms with Crippen LogP contribution in [-0.2, 0) is 6.54 Å². The van der Waals surface area contributed by atoms with Crippen LogP contribution in [0.2, 0.25) is 0 Å². The predicted octanol–water partition coefficient (Wildman–Crippen LogP) is 0.417. The van der Waals surface area contributed by atoms with Gasteiger partial charge in [0, 0.05) is 11.9 Å². The van der Waals surface area contributed by atoms with Crippen LogP contribution < -0.4 is 5.73 Å². The maximum absolute atomic E-state index is 5.42. The lowest BCUT2D eigenvalue weighted by Crippen LogP contribution is -1.98. The lowest BCUT2D eigenvalue weighted by molar-refractivity contribution is 0.996. The molecule has 0 radical (unpaired) electrons. The molecule has 0 aliphatic carbocycles. The minimum atomic E-state index is 0.473. The zero-order valence-electron chi connectivity index (χ0n) is 5.91. The van der Waals surface area contributed by atoms with E-state index in [-0.39, 0.29) is 0 Å². The Kier molecular flexibility index (Phi) is 1.33. The molecule has 0 bridgehead atoms. The normalized spacial score (nSPS) is 10.6. The van der Waals surface area contributed by atoms with E-state index in [4.69, 9.17) is 5.73 Å². The Morgan fingerprint density at radius 1 is 1.45 bits per heavy atom. The zero-order valence-corrected chi connectivity index (χ0v) is 5.91. The van der Waals surface area contributed by atoms with Gasteiger partial charge in [0.1, 0.15) is 0 Å². The van der Waals surface area contributed by atoms with E-state index in [1.54, 1.807) is 12.4 Å². The van der Waals surface area contributed by atoms with E-state index in [2.05, 4.69) is 15.2 Å². The van der Waals surface area contributed by atoms with Gasteiger partial charge >= 0.3 is 0 Å². The number of aromatic amines is 1. The maximum atomic E-state index is 5.42. The fourth-order valence-electron chi connectivity index (χ4n) is 1.000. The van der Waals surface area contributed by atoms with Crippen LogP contribution in [0.3, 0.4) is 0 Å². The lowest BCUT2D eigenvalue weighted by Gasteiger charge is -1.93. The highest BCUT2D eigenvalue weighted by molar-refractivity contribution is 5.76. The molecule has 2 aromatic heterocycles. The number of hydrogen-bond donors (Lipinski definition) is 2. The van der Waals surface area contributed by atoms with Gasteiger partial charge in [0.25, 0.3) is 0 Å². The molecule has 3 N–H and O–H groups in total. The molecular formula is C7H8N4. The van der Waals surface area contributed by atoms with E-state index in [9.17, 15) is 0 Å². The Morgan fingerprint density at radius 3 is 3.18 bits per heavy atom. The first-order chi connectivity index (χ1) is 5.40. The molecule has 2 heterocycles. The van der Waals surface area contributed by atoms with E-state index < -0.39 is 0 Å². The van der Waals surface area contributed by atoms with Gasteiger partial charge in [-0.15, -0.1) is 0 Å². The Morgan fingerprint density at radius 2 is 2.36 bits per heavy atom. The molecule has 0 spiro atoms. The van der Waals surface area contributed by atoms with Crippen molar-refractivity contribution in [3.63, 3.8) is 0 Å². The molecule has 0 aliphatic heterocycles. The number of nitrogens with zero attached hydrogens (tertiary/aromatic N) is 2. The van der Waals surface area contributed by atoms with E-state index in [0.29, 0.717) is 6.54 Å². The van der Waals surface area contributed by atoms with Gasteiger partial charge in [-0.05, 0) is 6.07 Å². The molecule has 0 unspecified atom stereocenters. The average molecular weight is 148 g/mol. The molecule has 4 heteroatoms. The second-order valence-corrected chi connectivity index (χ2v) is 2.34. The van der Waals surface area contributed by atoms with Crippen molar-refractivity contribution in [2.24, 2.45) is 5.73 Å². The summed E-state index contributed by atoms with van der Waals surface area (Å²) in [5.74, 6) is 0. The van der Waals surface area contributed by atoms with Crippen molar-refractivity contribution in [2.45, 2.75) is 6.54 Å². The number of rotatable bonds is 1. The highest BCUT2D eigenvalue weighted by Crippen LogP contribution is 2.08. The molecule has 0 saturated heterocycles. The summed E-state index contributed by atoms with van der Waals surface area (Å²) in [6.45, 7) is 0.473. The molecule has 11 heavy (non-hydrogen) atoms. The highest BCUT2D eigenvalue weighted by atomic mass is 15.1. The van der Waals surface area contributed by atoms with E-state index in [1.165, 1.54) is 0 Å². The fourth-order valence-corrected chi connectivity index (χ4v) is 1.000. The number of fused-ring (bicyclic) bond motifs is 1. The number of pyridine rings is 1. The Labute approximate surface area is 63.4 Å². The quantitative estimate of drug-likeness (QED) is 0.615. The van der Waals surface area contributed by atoms with E-state index in [0.717, 1.165) is 16.6 Å². The van der Waals surface area contributed by atoms with Crippen LogP contribution in [0.25, 0.3) is 10.9 Å². The van der Waals surface area contributed by atoms with Gasteiger partial charge in [-0.2, -0.15) is 5.10 Å². The Hall–Kier alpha value is -1.42. The number of nitrogens with two attached hydrogens (primary N) is 1. The van der Waals surface area contributed by atoms with Crippen molar-refractivity contribution < 1.29 is 0 Å². The van der Waals surface area contributed by atoms with E-state index in [1.807, 2.05) is 6.07 Å². The predicted molar refractivity (Wildman–Crippen MR) is 41.8 cm³/mol. The number of hydrogen-bond acceptors (Lipinski definition) is 3. The average Bonchev–Trinajstić information content (AvgIpc) is 2.50. The van der Waals surface area contributed by atoms with Crippen LogP contribution in [0.15, 0.2) is 18.5 Å². The van der Waals surface area contributed by atoms with Crippen LogP contribution in [-0.4, -0.2) is 15.2 Å². The summed E-state index contributed by atoms with van der Waals surface area (Å²) in [7, 11) is 0. The van der Waals surface area contributed by atoms with Gasteiger partial charge in [-0.3, -0.25) is 10.1 Å². The van der Waals surface area contributed by atoms with Crippen LogP contribution in [0.5, 0.6) is 0 Å². The second-order valence-electron chi connectivity index (χ2n) is 2.34. The van der Waals surface area contributed by atoms with Gasteiger partial charge in [0.05, 0.1) is 23.6 Å². The summed E-state index contributed by atoms with van der Waals surface area (Å²) in [5.41, 5.74) is 7.25. The monoisotopic (exact) mass is 148 g/mol. The maximum Gasteiger partial charge on any atom is 0.0833 e. The summed E-state index contributed by atoms with van der Waals surface area (Å²) in [6, 6.07) is 1.93. The van der Waals surface area contributed by atoms with Crippen molar-refractivity contribution in [1.29, 1.82) is 0 Å². The van der Waals surface area contributed by atoms with Crippen LogP contribution in [0.1, 0.15) is 5.69 Å². The van der Waals surface area contributed by atoms with Crippen molar-refractivity contribution >= 4 is 10.9 Å². The smallest absolute Gasteiger partial charge is 0.0833 e. The summed E-state index contributed by atoms with van der Waals surface area (Å²) in [6.07, 6.45) is 3.50. The summed E-state index contributed by atoms with van der Waals surface area (Å²) < 4.78 is 0. The van der Waals surface area contributed by atoms with Crippen molar-refractivity contribution in [1.82, 2.24) is 15.2 Å². The first kappa shape index (κ1) is 6.30. The van der Waals surface area contributed by atoms with Gasteiger partial charge in [0.2, 0.25) is 0 Å².